The summed E-state index contributed by atoms with van der Waals surface area (Å²) in [4.78, 5) is 19.2. The number of hydrogen-bond acceptors (Lipinski definition) is 5. The summed E-state index contributed by atoms with van der Waals surface area (Å²) in [5.41, 5.74) is 6.54. The second kappa shape index (κ2) is 11.2. The van der Waals surface area contributed by atoms with Gasteiger partial charge in [0.2, 0.25) is 0 Å². The van der Waals surface area contributed by atoms with Crippen molar-refractivity contribution in [3.05, 3.63) is 84.8 Å². The van der Waals surface area contributed by atoms with Gasteiger partial charge in [0.05, 0.1) is 13.2 Å². The monoisotopic (exact) mass is 482 g/mol. The summed E-state index contributed by atoms with van der Waals surface area (Å²) < 4.78 is 7.33. The van der Waals surface area contributed by atoms with Crippen molar-refractivity contribution in [2.75, 3.05) is 36.9 Å². The molecule has 2 N–H and O–H groups in total. The van der Waals surface area contributed by atoms with Crippen molar-refractivity contribution in [1.82, 2.24) is 19.7 Å². The Labute approximate surface area is 210 Å². The van der Waals surface area contributed by atoms with Gasteiger partial charge in [-0.05, 0) is 54.4 Å². The Kier molecular flexibility index (Phi) is 7.35. The molecule has 1 aliphatic rings. The molecule has 8 nitrogen and oxygen atoms in total. The largest absolute Gasteiger partial charge is 0.379 e. The number of aryl methyl sites for hydroxylation is 1. The minimum Gasteiger partial charge on any atom is -0.379 e. The molecule has 5 rings (SSSR count). The molecular weight excluding hydrogens is 452 g/mol. The van der Waals surface area contributed by atoms with E-state index in [1.807, 2.05) is 59.4 Å². The van der Waals surface area contributed by atoms with Crippen molar-refractivity contribution in [2.45, 2.75) is 20.0 Å². The Morgan fingerprint density at radius 3 is 2.44 bits per heavy atom. The molecule has 36 heavy (non-hydrogen) atoms. The second-order valence-corrected chi connectivity index (χ2v) is 8.73. The minimum absolute atomic E-state index is 0.285. The summed E-state index contributed by atoms with van der Waals surface area (Å²) in [6.07, 6.45) is 5.57. The van der Waals surface area contributed by atoms with Crippen LogP contribution >= 0.6 is 0 Å². The van der Waals surface area contributed by atoms with E-state index in [0.717, 1.165) is 67.5 Å². The van der Waals surface area contributed by atoms with Gasteiger partial charge in [0, 0.05) is 67.3 Å². The van der Waals surface area contributed by atoms with Crippen LogP contribution in [0.25, 0.3) is 22.4 Å². The Bertz CT molecular complexity index is 1300. The SMILES string of the molecule is CCn1cc(-c2cccc(NC(=O)Nc3ccc(CN4CCOCC4)cc3)c2)c(-c2ccncc2)n1. The number of rotatable bonds is 7. The lowest BCUT2D eigenvalue weighted by Crippen LogP contribution is -2.35. The van der Waals surface area contributed by atoms with Gasteiger partial charge in [0.15, 0.2) is 0 Å². The number of hydrogen-bond donors (Lipinski definition) is 2. The molecule has 0 saturated carbocycles. The maximum atomic E-state index is 12.7. The molecule has 4 aromatic rings. The second-order valence-electron chi connectivity index (χ2n) is 8.73. The summed E-state index contributed by atoms with van der Waals surface area (Å²) in [5, 5.41) is 10.6. The number of nitrogens with zero attached hydrogens (tertiary/aromatic N) is 4. The van der Waals surface area contributed by atoms with Crippen molar-refractivity contribution in [1.29, 1.82) is 0 Å². The van der Waals surface area contributed by atoms with Gasteiger partial charge < -0.3 is 15.4 Å². The molecule has 0 unspecified atom stereocenters. The van der Waals surface area contributed by atoms with Gasteiger partial charge in [-0.1, -0.05) is 24.3 Å². The topological polar surface area (TPSA) is 84.3 Å². The predicted octanol–water partition coefficient (Wildman–Crippen LogP) is 5.11. The summed E-state index contributed by atoms with van der Waals surface area (Å²) in [7, 11) is 0. The molecule has 0 radical (unpaired) electrons. The fourth-order valence-corrected chi connectivity index (χ4v) is 4.29. The number of aromatic nitrogens is 3. The van der Waals surface area contributed by atoms with Crippen LogP contribution in [-0.2, 0) is 17.8 Å². The average Bonchev–Trinajstić information content (AvgIpc) is 3.36. The highest BCUT2D eigenvalue weighted by molar-refractivity contribution is 6.00. The number of pyridine rings is 1. The Morgan fingerprint density at radius 2 is 1.69 bits per heavy atom. The van der Waals surface area contributed by atoms with Crippen LogP contribution < -0.4 is 10.6 Å². The Balaban J connectivity index is 1.26. The van der Waals surface area contributed by atoms with E-state index in [2.05, 4.69) is 39.6 Å². The van der Waals surface area contributed by atoms with Crippen molar-refractivity contribution < 1.29 is 9.53 Å². The lowest BCUT2D eigenvalue weighted by Gasteiger charge is -2.26. The van der Waals surface area contributed by atoms with E-state index in [1.165, 1.54) is 5.56 Å². The lowest BCUT2D eigenvalue weighted by atomic mass is 10.0. The lowest BCUT2D eigenvalue weighted by molar-refractivity contribution is 0.0342. The van der Waals surface area contributed by atoms with E-state index in [-0.39, 0.29) is 6.03 Å². The zero-order valence-corrected chi connectivity index (χ0v) is 20.4. The van der Waals surface area contributed by atoms with Gasteiger partial charge in [-0.3, -0.25) is 14.6 Å². The normalized spacial score (nSPS) is 13.9. The van der Waals surface area contributed by atoms with Crippen LogP contribution in [0.5, 0.6) is 0 Å². The van der Waals surface area contributed by atoms with Crippen LogP contribution in [0.2, 0.25) is 0 Å². The number of carbonyl (C=O) groups excluding carboxylic acids is 1. The maximum Gasteiger partial charge on any atom is 0.323 e. The highest BCUT2D eigenvalue weighted by Crippen LogP contribution is 2.32. The predicted molar refractivity (Wildman–Crippen MR) is 142 cm³/mol. The molecule has 0 aliphatic carbocycles. The first kappa shape index (κ1) is 23.7. The minimum atomic E-state index is -0.285. The Hall–Kier alpha value is -4.01. The molecule has 0 atom stereocenters. The third-order valence-corrected chi connectivity index (χ3v) is 6.19. The van der Waals surface area contributed by atoms with E-state index < -0.39 is 0 Å². The summed E-state index contributed by atoms with van der Waals surface area (Å²) in [5.74, 6) is 0. The Morgan fingerprint density at radius 1 is 0.944 bits per heavy atom. The summed E-state index contributed by atoms with van der Waals surface area (Å²) in [6, 6.07) is 19.4. The number of nitrogens with one attached hydrogen (secondary N) is 2. The number of morpholine rings is 1. The average molecular weight is 483 g/mol. The fourth-order valence-electron chi connectivity index (χ4n) is 4.29. The smallest absolute Gasteiger partial charge is 0.323 e. The molecule has 184 valence electrons. The van der Waals surface area contributed by atoms with E-state index in [1.54, 1.807) is 12.4 Å². The first-order valence-electron chi connectivity index (χ1n) is 12.2. The number of carbonyl (C=O) groups is 1. The molecule has 2 aromatic carbocycles. The molecule has 1 fully saturated rings. The highest BCUT2D eigenvalue weighted by atomic mass is 16.5. The molecule has 8 heteroatoms. The van der Waals surface area contributed by atoms with E-state index >= 15 is 0 Å². The van der Waals surface area contributed by atoms with Crippen LogP contribution in [0.15, 0.2) is 79.3 Å². The van der Waals surface area contributed by atoms with E-state index in [4.69, 9.17) is 9.84 Å². The van der Waals surface area contributed by atoms with Crippen molar-refractivity contribution in [3.8, 4) is 22.4 Å². The maximum absolute atomic E-state index is 12.7. The first-order valence-corrected chi connectivity index (χ1v) is 12.2. The molecule has 0 bridgehead atoms. The quantitative estimate of drug-likeness (QED) is 0.383. The molecule has 2 aromatic heterocycles. The summed E-state index contributed by atoms with van der Waals surface area (Å²) >= 11 is 0. The zero-order chi connectivity index (χ0) is 24.7. The van der Waals surface area contributed by atoms with Crippen LogP contribution in [0, 0.1) is 0 Å². The van der Waals surface area contributed by atoms with Gasteiger partial charge in [-0.15, -0.1) is 0 Å². The van der Waals surface area contributed by atoms with Crippen LogP contribution in [0.4, 0.5) is 16.2 Å². The van der Waals surface area contributed by atoms with Crippen LogP contribution in [0.3, 0.4) is 0 Å². The number of anilines is 2. The number of urea groups is 1. The zero-order valence-electron chi connectivity index (χ0n) is 20.4. The highest BCUT2D eigenvalue weighted by Gasteiger charge is 2.14. The standard InChI is InChI=1S/C28H30N6O2/c1-2-34-20-26(27(32-34)22-10-12-29-13-11-22)23-4-3-5-25(18-23)31-28(35)30-24-8-6-21(7-9-24)19-33-14-16-36-17-15-33/h3-13,18,20H,2,14-17,19H2,1H3,(H2,30,31,35). The van der Waals surface area contributed by atoms with E-state index in [9.17, 15) is 4.79 Å². The molecule has 2 amide bonds. The first-order chi connectivity index (χ1) is 17.7. The number of ether oxygens (including phenoxy) is 1. The molecule has 1 aliphatic heterocycles. The summed E-state index contributed by atoms with van der Waals surface area (Å²) in [6.45, 7) is 7.18. The third-order valence-electron chi connectivity index (χ3n) is 6.19. The van der Waals surface area contributed by atoms with Gasteiger partial charge in [-0.25, -0.2) is 4.79 Å². The van der Waals surface area contributed by atoms with Crippen molar-refractivity contribution >= 4 is 17.4 Å². The third kappa shape index (κ3) is 5.79. The molecule has 3 heterocycles. The van der Waals surface area contributed by atoms with Crippen LogP contribution in [0.1, 0.15) is 12.5 Å². The van der Waals surface area contributed by atoms with Gasteiger partial charge in [0.25, 0.3) is 0 Å². The molecule has 1 saturated heterocycles. The van der Waals surface area contributed by atoms with Crippen LogP contribution in [-0.4, -0.2) is 52.0 Å². The molecular formula is C28H30N6O2. The van der Waals surface area contributed by atoms with Gasteiger partial charge in [-0.2, -0.15) is 5.10 Å². The van der Waals surface area contributed by atoms with E-state index in [0.29, 0.717) is 5.69 Å². The van der Waals surface area contributed by atoms with Crippen molar-refractivity contribution in [3.63, 3.8) is 0 Å². The van der Waals surface area contributed by atoms with Gasteiger partial charge >= 0.3 is 6.03 Å². The fraction of sp³-hybridized carbons (Fsp3) is 0.250. The number of amides is 2. The van der Waals surface area contributed by atoms with Crippen molar-refractivity contribution in [2.24, 2.45) is 0 Å². The molecule has 0 spiro atoms. The number of benzene rings is 2. The van der Waals surface area contributed by atoms with Gasteiger partial charge in [0.1, 0.15) is 5.69 Å².